The number of ether oxygens (including phenoxy) is 1. The Hall–Kier alpha value is -1.50. The Morgan fingerprint density at radius 2 is 2.22 bits per heavy atom. The molecule has 0 aromatic carbocycles. The molecule has 0 amide bonds. The number of hydrogen-bond acceptors (Lipinski definition) is 6. The first-order chi connectivity index (χ1) is 8.52. The summed E-state index contributed by atoms with van der Waals surface area (Å²) in [5, 5.41) is 13.8. The lowest BCUT2D eigenvalue weighted by Gasteiger charge is -2.38. The molecule has 1 heterocycles. The first-order valence-corrected chi connectivity index (χ1v) is 6.03. The molecule has 100 valence electrons. The highest BCUT2D eigenvalue weighted by atomic mass is 16.6. The first-order valence-electron chi connectivity index (χ1n) is 6.03. The van der Waals surface area contributed by atoms with Crippen LogP contribution in [-0.2, 0) is 14.3 Å². The number of fused-ring (bicyclic) bond motifs is 1. The predicted molar refractivity (Wildman–Crippen MR) is 60.5 cm³/mol. The summed E-state index contributed by atoms with van der Waals surface area (Å²) in [7, 11) is 1.28. The van der Waals surface area contributed by atoms with E-state index in [1.165, 1.54) is 7.11 Å². The number of carbonyl (C=O) groups excluding carboxylic acids is 2. The van der Waals surface area contributed by atoms with Crippen molar-refractivity contribution in [2.75, 3.05) is 7.11 Å². The molecule has 0 aromatic heterocycles. The second-order valence-corrected chi connectivity index (χ2v) is 4.88. The van der Waals surface area contributed by atoms with Gasteiger partial charge in [0.2, 0.25) is 6.04 Å². The van der Waals surface area contributed by atoms with Gasteiger partial charge in [-0.25, -0.2) is 0 Å². The van der Waals surface area contributed by atoms with Crippen molar-refractivity contribution in [3.63, 3.8) is 0 Å². The average Bonchev–Trinajstić information content (AvgIpc) is 2.37. The molecule has 1 aliphatic heterocycles. The number of nitro groups is 1. The number of methoxy groups -OCH3 is 1. The molecule has 4 atom stereocenters. The number of nitrogens with one attached hydrogen (secondary N) is 1. The van der Waals surface area contributed by atoms with Crippen LogP contribution < -0.4 is 5.32 Å². The van der Waals surface area contributed by atoms with E-state index >= 15 is 0 Å². The van der Waals surface area contributed by atoms with Gasteiger partial charge < -0.3 is 10.1 Å². The van der Waals surface area contributed by atoms with Crippen molar-refractivity contribution in [3.8, 4) is 0 Å². The first kappa shape index (κ1) is 12.9. The lowest BCUT2D eigenvalue weighted by molar-refractivity contribution is -0.527. The number of ketones is 1. The molecule has 2 aliphatic rings. The fourth-order valence-electron chi connectivity index (χ4n) is 2.86. The van der Waals surface area contributed by atoms with Crippen molar-refractivity contribution in [1.29, 1.82) is 0 Å². The highest BCUT2D eigenvalue weighted by Gasteiger charge is 2.45. The molecule has 0 bridgehead atoms. The van der Waals surface area contributed by atoms with E-state index in [1.54, 1.807) is 0 Å². The number of Topliss-reactive ketones (excluding diaryl/α,β-unsaturated/α-hetero) is 1. The summed E-state index contributed by atoms with van der Waals surface area (Å²) in [5.74, 6) is -0.853. The maximum absolute atomic E-state index is 12.0. The summed E-state index contributed by atoms with van der Waals surface area (Å²) in [4.78, 5) is 33.8. The summed E-state index contributed by atoms with van der Waals surface area (Å²) < 4.78 is 4.62. The standard InChI is InChI=1S/C11H16N2O5/c1-18-11(15)9-5-10(14)7-4-6(13(16)17)2-3-8(7)12-9/h6-9,12H,2-5H2,1H3. The lowest BCUT2D eigenvalue weighted by atomic mass is 9.75. The van der Waals surface area contributed by atoms with Gasteiger partial charge in [0.25, 0.3) is 0 Å². The fourth-order valence-corrected chi connectivity index (χ4v) is 2.86. The van der Waals surface area contributed by atoms with Gasteiger partial charge in [-0.2, -0.15) is 0 Å². The van der Waals surface area contributed by atoms with Crippen LogP contribution in [0.1, 0.15) is 25.7 Å². The van der Waals surface area contributed by atoms with Crippen LogP contribution in [0.15, 0.2) is 0 Å². The van der Waals surface area contributed by atoms with Crippen molar-refractivity contribution in [3.05, 3.63) is 10.1 Å². The molecule has 1 saturated carbocycles. The molecule has 0 radical (unpaired) electrons. The quantitative estimate of drug-likeness (QED) is 0.421. The molecule has 1 aliphatic carbocycles. The molecular formula is C11H16N2O5. The molecule has 18 heavy (non-hydrogen) atoms. The minimum absolute atomic E-state index is 0.0677. The van der Waals surface area contributed by atoms with Crippen LogP contribution in [0.5, 0.6) is 0 Å². The highest BCUT2D eigenvalue weighted by molar-refractivity contribution is 5.89. The Kier molecular flexibility index (Phi) is 3.60. The van der Waals surface area contributed by atoms with Crippen LogP contribution in [0, 0.1) is 16.0 Å². The van der Waals surface area contributed by atoms with E-state index in [0.29, 0.717) is 12.8 Å². The fraction of sp³-hybridized carbons (Fsp3) is 0.818. The second kappa shape index (κ2) is 5.01. The van der Waals surface area contributed by atoms with Crippen LogP contribution in [0.4, 0.5) is 0 Å². The third-order valence-electron chi connectivity index (χ3n) is 3.84. The van der Waals surface area contributed by atoms with Crippen LogP contribution in [0.2, 0.25) is 0 Å². The number of hydrogen-bond donors (Lipinski definition) is 1. The Morgan fingerprint density at radius 1 is 1.50 bits per heavy atom. The van der Waals surface area contributed by atoms with Crippen molar-refractivity contribution in [2.24, 2.45) is 5.92 Å². The maximum Gasteiger partial charge on any atom is 0.323 e. The number of nitrogens with zero attached hydrogens (tertiary/aromatic N) is 1. The van der Waals surface area contributed by atoms with Crippen molar-refractivity contribution in [1.82, 2.24) is 5.32 Å². The SMILES string of the molecule is COC(=O)C1CC(=O)C2CC([N+](=O)[O-])CCC2N1. The molecular weight excluding hydrogens is 240 g/mol. The van der Waals surface area contributed by atoms with E-state index in [4.69, 9.17) is 0 Å². The van der Waals surface area contributed by atoms with Gasteiger partial charge >= 0.3 is 5.97 Å². The minimum atomic E-state index is -0.633. The zero-order valence-corrected chi connectivity index (χ0v) is 10.1. The third kappa shape index (κ3) is 2.35. The molecule has 1 N–H and O–H groups in total. The van der Waals surface area contributed by atoms with Crippen LogP contribution >= 0.6 is 0 Å². The van der Waals surface area contributed by atoms with Gasteiger partial charge in [-0.3, -0.25) is 19.7 Å². The summed E-state index contributed by atoms with van der Waals surface area (Å²) in [6.07, 6.45) is 1.34. The van der Waals surface area contributed by atoms with Gasteiger partial charge in [0.15, 0.2) is 0 Å². The number of rotatable bonds is 2. The summed E-state index contributed by atoms with van der Waals surface area (Å²) >= 11 is 0. The Bertz CT molecular complexity index is 384. The second-order valence-electron chi connectivity index (χ2n) is 4.88. The molecule has 2 fully saturated rings. The van der Waals surface area contributed by atoms with Crippen LogP contribution in [-0.4, -0.2) is 41.9 Å². The van der Waals surface area contributed by atoms with Gasteiger partial charge in [0.1, 0.15) is 11.8 Å². The molecule has 7 nitrogen and oxygen atoms in total. The molecule has 0 spiro atoms. The molecule has 4 unspecified atom stereocenters. The van der Waals surface area contributed by atoms with Crippen LogP contribution in [0.25, 0.3) is 0 Å². The largest absolute Gasteiger partial charge is 0.468 e. The molecule has 7 heteroatoms. The number of esters is 1. The van der Waals surface area contributed by atoms with E-state index in [-0.39, 0.29) is 35.5 Å². The Labute approximate surface area is 104 Å². The van der Waals surface area contributed by atoms with Crippen molar-refractivity contribution >= 4 is 11.8 Å². The smallest absolute Gasteiger partial charge is 0.323 e. The van der Waals surface area contributed by atoms with E-state index in [1.807, 2.05) is 0 Å². The summed E-state index contributed by atoms with van der Waals surface area (Å²) in [6, 6.07) is -1.37. The van der Waals surface area contributed by atoms with Gasteiger partial charge in [-0.15, -0.1) is 0 Å². The predicted octanol–water partition coefficient (Wildman–Crippen LogP) is -0.0956. The van der Waals surface area contributed by atoms with Gasteiger partial charge in [-0.1, -0.05) is 0 Å². The normalized spacial score (nSPS) is 35.7. The third-order valence-corrected chi connectivity index (χ3v) is 3.84. The van der Waals surface area contributed by atoms with E-state index in [2.05, 4.69) is 10.1 Å². The van der Waals surface area contributed by atoms with Crippen molar-refractivity contribution < 1.29 is 19.2 Å². The summed E-state index contributed by atoms with van der Waals surface area (Å²) in [5.41, 5.74) is 0. The van der Waals surface area contributed by atoms with Gasteiger partial charge in [-0.05, 0) is 6.42 Å². The molecule has 0 aromatic rings. The maximum atomic E-state index is 12.0. The highest BCUT2D eigenvalue weighted by Crippen LogP contribution is 2.31. The average molecular weight is 256 g/mol. The zero-order valence-electron chi connectivity index (χ0n) is 10.1. The van der Waals surface area contributed by atoms with Crippen molar-refractivity contribution in [2.45, 2.75) is 43.8 Å². The monoisotopic (exact) mass is 256 g/mol. The Morgan fingerprint density at radius 3 is 2.83 bits per heavy atom. The van der Waals surface area contributed by atoms with Gasteiger partial charge in [0, 0.05) is 36.1 Å². The Balaban J connectivity index is 2.05. The molecule has 2 rings (SSSR count). The van der Waals surface area contributed by atoms with E-state index in [9.17, 15) is 19.7 Å². The van der Waals surface area contributed by atoms with Gasteiger partial charge in [0.05, 0.1) is 7.11 Å². The lowest BCUT2D eigenvalue weighted by Crippen LogP contribution is -2.58. The van der Waals surface area contributed by atoms with E-state index < -0.39 is 18.1 Å². The number of piperidine rings is 1. The zero-order chi connectivity index (χ0) is 13.3. The number of carbonyl (C=O) groups is 2. The molecule has 1 saturated heterocycles. The van der Waals surface area contributed by atoms with Crippen LogP contribution in [0.3, 0.4) is 0 Å². The minimum Gasteiger partial charge on any atom is -0.468 e. The summed E-state index contributed by atoms with van der Waals surface area (Å²) in [6.45, 7) is 0. The van der Waals surface area contributed by atoms with E-state index in [0.717, 1.165) is 0 Å². The topological polar surface area (TPSA) is 98.5 Å².